The maximum absolute atomic E-state index is 5.62. The third-order valence-corrected chi connectivity index (χ3v) is 5.46. The maximum Gasteiger partial charge on any atom is 0.193 e. The molecule has 1 unspecified atom stereocenters. The second kappa shape index (κ2) is 9.54. The van der Waals surface area contributed by atoms with Crippen LogP contribution in [0.1, 0.15) is 25.7 Å². The molecule has 140 valence electrons. The number of likely N-dealkylation sites (tertiary alicyclic amines) is 1. The van der Waals surface area contributed by atoms with Gasteiger partial charge in [0.25, 0.3) is 0 Å². The minimum Gasteiger partial charge on any atom is -0.383 e. The van der Waals surface area contributed by atoms with E-state index in [0.29, 0.717) is 5.41 Å². The van der Waals surface area contributed by atoms with E-state index >= 15 is 0 Å². The highest BCUT2D eigenvalue weighted by molar-refractivity contribution is 14.0. The number of halogens is 1. The van der Waals surface area contributed by atoms with Crippen LogP contribution in [0.3, 0.4) is 0 Å². The summed E-state index contributed by atoms with van der Waals surface area (Å²) in [6, 6.07) is 0.777. The Morgan fingerprint density at radius 3 is 2.83 bits per heavy atom. The molecule has 1 N–H and O–H groups in total. The first-order valence-electron chi connectivity index (χ1n) is 9.03. The summed E-state index contributed by atoms with van der Waals surface area (Å²) in [5.74, 6) is 1.05. The van der Waals surface area contributed by atoms with E-state index in [4.69, 9.17) is 9.47 Å². The van der Waals surface area contributed by atoms with Crippen LogP contribution in [0.25, 0.3) is 0 Å². The molecule has 1 saturated carbocycles. The molecule has 3 rings (SSSR count). The van der Waals surface area contributed by atoms with Crippen molar-refractivity contribution in [3.05, 3.63) is 0 Å². The third-order valence-electron chi connectivity index (χ3n) is 5.46. The van der Waals surface area contributed by atoms with E-state index in [1.54, 1.807) is 7.11 Å². The van der Waals surface area contributed by atoms with Gasteiger partial charge in [0.15, 0.2) is 5.96 Å². The van der Waals surface area contributed by atoms with Crippen LogP contribution in [-0.4, -0.2) is 88.5 Å². The Morgan fingerprint density at radius 2 is 2.21 bits per heavy atom. The van der Waals surface area contributed by atoms with Crippen molar-refractivity contribution in [1.29, 1.82) is 0 Å². The van der Waals surface area contributed by atoms with Gasteiger partial charge in [-0.15, -0.1) is 24.0 Å². The molecule has 0 bridgehead atoms. The van der Waals surface area contributed by atoms with Gasteiger partial charge in [-0.25, -0.2) is 0 Å². The van der Waals surface area contributed by atoms with E-state index in [2.05, 4.69) is 20.1 Å². The molecule has 0 amide bonds. The summed E-state index contributed by atoms with van der Waals surface area (Å²) in [7, 11) is 3.67. The lowest BCUT2D eigenvalue weighted by molar-refractivity contribution is 0.144. The van der Waals surface area contributed by atoms with Gasteiger partial charge < -0.3 is 19.7 Å². The van der Waals surface area contributed by atoms with Gasteiger partial charge in [0.2, 0.25) is 0 Å². The van der Waals surface area contributed by atoms with Crippen LogP contribution < -0.4 is 5.32 Å². The fourth-order valence-corrected chi connectivity index (χ4v) is 3.86. The van der Waals surface area contributed by atoms with Crippen molar-refractivity contribution in [2.75, 3.05) is 66.7 Å². The Morgan fingerprint density at radius 1 is 1.38 bits per heavy atom. The van der Waals surface area contributed by atoms with E-state index in [1.165, 1.54) is 25.7 Å². The van der Waals surface area contributed by atoms with Gasteiger partial charge in [-0.2, -0.15) is 0 Å². The molecule has 24 heavy (non-hydrogen) atoms. The molecule has 2 aliphatic heterocycles. The lowest BCUT2D eigenvalue weighted by Crippen LogP contribution is -2.45. The van der Waals surface area contributed by atoms with Crippen LogP contribution in [0.5, 0.6) is 0 Å². The fraction of sp³-hybridized carbons (Fsp3) is 0.941. The Bertz CT molecular complexity index is 411. The van der Waals surface area contributed by atoms with Crippen LogP contribution in [0.2, 0.25) is 0 Å². The van der Waals surface area contributed by atoms with Gasteiger partial charge >= 0.3 is 0 Å². The molecule has 0 aromatic carbocycles. The van der Waals surface area contributed by atoms with Crippen molar-refractivity contribution in [2.24, 2.45) is 10.4 Å². The number of rotatable bonds is 7. The number of aliphatic imine (C=N–C) groups is 1. The maximum atomic E-state index is 5.62. The SMILES string of the molecule is CN=C(NCCN(CCOC)C1CC1)N1CCC2(CCOC2)C1.I. The molecule has 6 nitrogen and oxygen atoms in total. The summed E-state index contributed by atoms with van der Waals surface area (Å²) in [5.41, 5.74) is 0.385. The molecular weight excluding hydrogens is 419 g/mol. The highest BCUT2D eigenvalue weighted by atomic mass is 127. The lowest BCUT2D eigenvalue weighted by atomic mass is 9.87. The first-order chi connectivity index (χ1) is 11.3. The van der Waals surface area contributed by atoms with Crippen LogP contribution in [-0.2, 0) is 9.47 Å². The number of hydrogen-bond acceptors (Lipinski definition) is 4. The molecule has 1 spiro atoms. The van der Waals surface area contributed by atoms with E-state index < -0.39 is 0 Å². The molecule has 2 saturated heterocycles. The van der Waals surface area contributed by atoms with Gasteiger partial charge in [-0.3, -0.25) is 9.89 Å². The predicted molar refractivity (Wildman–Crippen MR) is 107 cm³/mol. The van der Waals surface area contributed by atoms with Crippen LogP contribution in [0, 0.1) is 5.41 Å². The van der Waals surface area contributed by atoms with Crippen molar-refractivity contribution in [1.82, 2.24) is 15.1 Å². The normalized spacial score (nSPS) is 27.1. The molecule has 3 aliphatic rings. The lowest BCUT2D eigenvalue weighted by Gasteiger charge is -2.26. The van der Waals surface area contributed by atoms with E-state index in [9.17, 15) is 0 Å². The van der Waals surface area contributed by atoms with Gasteiger partial charge in [0, 0.05) is 64.9 Å². The Hall–Kier alpha value is -0.120. The molecule has 3 fully saturated rings. The first-order valence-corrected chi connectivity index (χ1v) is 9.03. The van der Waals surface area contributed by atoms with Crippen LogP contribution in [0.4, 0.5) is 0 Å². The van der Waals surface area contributed by atoms with Gasteiger partial charge in [0.1, 0.15) is 0 Å². The standard InChI is InChI=1S/C17H32N4O2.HI/c1-18-16(21-8-5-17(13-21)6-11-23-14-17)19-7-9-20(10-12-22-2)15-3-4-15;/h15H,3-14H2,1-2H3,(H,18,19);1H. The van der Waals surface area contributed by atoms with Gasteiger partial charge in [0.05, 0.1) is 13.2 Å². The smallest absolute Gasteiger partial charge is 0.193 e. The largest absolute Gasteiger partial charge is 0.383 e. The average molecular weight is 452 g/mol. The summed E-state index contributed by atoms with van der Waals surface area (Å²) < 4.78 is 10.8. The number of methoxy groups -OCH3 is 1. The summed E-state index contributed by atoms with van der Waals surface area (Å²) in [4.78, 5) is 9.44. The second-order valence-corrected chi connectivity index (χ2v) is 7.21. The predicted octanol–water partition coefficient (Wildman–Crippen LogP) is 1.40. The molecule has 2 heterocycles. The molecule has 0 radical (unpaired) electrons. The number of hydrogen-bond donors (Lipinski definition) is 1. The Labute approximate surface area is 163 Å². The first kappa shape index (κ1) is 20.2. The second-order valence-electron chi connectivity index (χ2n) is 7.21. The molecule has 1 aliphatic carbocycles. The minimum absolute atomic E-state index is 0. The topological polar surface area (TPSA) is 49.3 Å². The summed E-state index contributed by atoms with van der Waals surface area (Å²) >= 11 is 0. The average Bonchev–Trinajstić information content (AvgIpc) is 3.18. The molecule has 0 aromatic rings. The summed E-state index contributed by atoms with van der Waals surface area (Å²) in [6.45, 7) is 7.90. The van der Waals surface area contributed by atoms with Crippen molar-refractivity contribution in [3.8, 4) is 0 Å². The monoisotopic (exact) mass is 452 g/mol. The number of nitrogens with zero attached hydrogens (tertiary/aromatic N) is 3. The fourth-order valence-electron chi connectivity index (χ4n) is 3.86. The van der Waals surface area contributed by atoms with Crippen molar-refractivity contribution >= 4 is 29.9 Å². The van der Waals surface area contributed by atoms with Crippen molar-refractivity contribution in [3.63, 3.8) is 0 Å². The van der Waals surface area contributed by atoms with Crippen molar-refractivity contribution in [2.45, 2.75) is 31.7 Å². The highest BCUT2D eigenvalue weighted by Crippen LogP contribution is 2.38. The van der Waals surface area contributed by atoms with E-state index in [1.807, 2.05) is 7.05 Å². The highest BCUT2D eigenvalue weighted by Gasteiger charge is 2.42. The Kier molecular flexibility index (Phi) is 8.03. The number of nitrogens with one attached hydrogen (secondary N) is 1. The summed E-state index contributed by atoms with van der Waals surface area (Å²) in [5, 5.41) is 3.56. The van der Waals surface area contributed by atoms with E-state index in [-0.39, 0.29) is 24.0 Å². The minimum atomic E-state index is 0. The third kappa shape index (κ3) is 5.19. The summed E-state index contributed by atoms with van der Waals surface area (Å²) in [6.07, 6.45) is 5.11. The molecule has 7 heteroatoms. The van der Waals surface area contributed by atoms with E-state index in [0.717, 1.165) is 64.5 Å². The molecule has 1 atom stereocenters. The van der Waals surface area contributed by atoms with Crippen LogP contribution in [0.15, 0.2) is 4.99 Å². The number of ether oxygens (including phenoxy) is 2. The zero-order valence-electron chi connectivity index (χ0n) is 15.1. The van der Waals surface area contributed by atoms with Crippen molar-refractivity contribution < 1.29 is 9.47 Å². The zero-order valence-corrected chi connectivity index (χ0v) is 17.5. The molecular formula is C17H33IN4O2. The number of guanidine groups is 1. The zero-order chi connectivity index (χ0) is 16.1. The van der Waals surface area contributed by atoms with Gasteiger partial charge in [-0.05, 0) is 25.7 Å². The quantitative estimate of drug-likeness (QED) is 0.360. The molecule has 0 aromatic heterocycles. The Balaban J connectivity index is 0.00000208. The van der Waals surface area contributed by atoms with Gasteiger partial charge in [-0.1, -0.05) is 0 Å². The van der Waals surface area contributed by atoms with Crippen LogP contribution >= 0.6 is 24.0 Å².